The zero-order valence-electron chi connectivity index (χ0n) is 6.06. The van der Waals surface area contributed by atoms with Gasteiger partial charge in [0.15, 0.2) is 6.19 Å². The topological polar surface area (TPSA) is 44.9 Å². The van der Waals surface area contributed by atoms with Crippen LogP contribution in [0.2, 0.25) is 0 Å². The molecule has 2 rings (SSSR count). The Morgan fingerprint density at radius 1 is 1.55 bits per heavy atom. The van der Waals surface area contributed by atoms with Gasteiger partial charge in [0.1, 0.15) is 0 Å². The fourth-order valence-electron chi connectivity index (χ4n) is 1.27. The van der Waals surface area contributed by atoms with Gasteiger partial charge >= 0.3 is 0 Å². The minimum atomic E-state index is 0.705. The number of nitriles is 1. The summed E-state index contributed by atoms with van der Waals surface area (Å²) in [6, 6.07) is 1.95. The quantitative estimate of drug-likeness (QED) is 0.493. The molecule has 56 valence electrons. The first-order chi connectivity index (χ1) is 5.40. The molecule has 0 unspecified atom stereocenters. The highest BCUT2D eigenvalue weighted by Crippen LogP contribution is 2.08. The number of hydrogen-bond donors (Lipinski definition) is 0. The monoisotopic (exact) mass is 148 g/mol. The van der Waals surface area contributed by atoms with E-state index in [4.69, 9.17) is 5.26 Å². The third kappa shape index (κ3) is 0.944. The van der Waals surface area contributed by atoms with E-state index < -0.39 is 0 Å². The molecule has 0 amide bonds. The predicted molar refractivity (Wildman–Crippen MR) is 38.3 cm³/mol. The summed E-state index contributed by atoms with van der Waals surface area (Å²) in [4.78, 5) is 1.73. The number of hydrogen-bond acceptors (Lipinski definition) is 3. The Morgan fingerprint density at radius 2 is 2.45 bits per heavy atom. The van der Waals surface area contributed by atoms with Crippen molar-refractivity contribution in [3.8, 4) is 6.19 Å². The number of aromatic nitrogens is 2. The molecule has 0 aliphatic carbocycles. The Hall–Kier alpha value is -1.50. The maximum atomic E-state index is 8.60. The maximum absolute atomic E-state index is 8.60. The van der Waals surface area contributed by atoms with Crippen LogP contribution in [0.5, 0.6) is 0 Å². The SMILES string of the molecule is N#CN1CCn2nccc2C1. The van der Waals surface area contributed by atoms with Gasteiger partial charge in [0.05, 0.1) is 18.8 Å². The van der Waals surface area contributed by atoms with Crippen LogP contribution >= 0.6 is 0 Å². The molecule has 0 N–H and O–H groups in total. The summed E-state index contributed by atoms with van der Waals surface area (Å²) in [6.07, 6.45) is 3.90. The molecule has 1 aliphatic heterocycles. The summed E-state index contributed by atoms with van der Waals surface area (Å²) in [5.74, 6) is 0. The lowest BCUT2D eigenvalue weighted by Crippen LogP contribution is -2.30. The third-order valence-electron chi connectivity index (χ3n) is 1.88. The summed E-state index contributed by atoms with van der Waals surface area (Å²) < 4.78 is 1.94. The minimum absolute atomic E-state index is 0.705. The van der Waals surface area contributed by atoms with Crippen molar-refractivity contribution in [3.05, 3.63) is 18.0 Å². The van der Waals surface area contributed by atoms with Crippen molar-refractivity contribution < 1.29 is 0 Å². The van der Waals surface area contributed by atoms with Crippen LogP contribution in [0.4, 0.5) is 0 Å². The fraction of sp³-hybridized carbons (Fsp3) is 0.429. The molecular weight excluding hydrogens is 140 g/mol. The molecule has 4 heteroatoms. The first-order valence-corrected chi connectivity index (χ1v) is 3.55. The van der Waals surface area contributed by atoms with Gasteiger partial charge in [0.2, 0.25) is 0 Å². The number of nitrogens with zero attached hydrogens (tertiary/aromatic N) is 4. The lowest BCUT2D eigenvalue weighted by atomic mass is 10.3. The Kier molecular flexibility index (Phi) is 1.29. The third-order valence-corrected chi connectivity index (χ3v) is 1.88. The van der Waals surface area contributed by atoms with E-state index in [0.29, 0.717) is 6.54 Å². The van der Waals surface area contributed by atoms with Crippen LogP contribution in [0.15, 0.2) is 12.3 Å². The summed E-state index contributed by atoms with van der Waals surface area (Å²) in [5, 5.41) is 12.7. The van der Waals surface area contributed by atoms with Crippen LogP contribution < -0.4 is 0 Å². The molecule has 0 aromatic carbocycles. The van der Waals surface area contributed by atoms with Gasteiger partial charge in [-0.05, 0) is 6.07 Å². The van der Waals surface area contributed by atoms with Crippen molar-refractivity contribution in [2.45, 2.75) is 13.1 Å². The molecule has 11 heavy (non-hydrogen) atoms. The van der Waals surface area contributed by atoms with E-state index >= 15 is 0 Å². The van der Waals surface area contributed by atoms with Crippen LogP contribution in [0, 0.1) is 11.5 Å². The second-order valence-corrected chi connectivity index (χ2v) is 2.57. The van der Waals surface area contributed by atoms with Crippen LogP contribution in [0.25, 0.3) is 0 Å². The standard InChI is InChI=1S/C7H8N4/c8-6-10-3-4-11-7(5-10)1-2-9-11/h1-2H,3-5H2. The first kappa shape index (κ1) is 6.23. The van der Waals surface area contributed by atoms with E-state index in [9.17, 15) is 0 Å². The van der Waals surface area contributed by atoms with Crippen molar-refractivity contribution in [3.63, 3.8) is 0 Å². The summed E-state index contributed by atoms with van der Waals surface area (Å²) in [6.45, 7) is 2.32. The van der Waals surface area contributed by atoms with Crippen molar-refractivity contribution in [1.29, 1.82) is 5.26 Å². The van der Waals surface area contributed by atoms with Gasteiger partial charge in [-0.1, -0.05) is 0 Å². The zero-order chi connectivity index (χ0) is 7.68. The molecule has 1 aromatic heterocycles. The minimum Gasteiger partial charge on any atom is -0.303 e. The highest BCUT2D eigenvalue weighted by Gasteiger charge is 2.13. The molecule has 0 fully saturated rings. The first-order valence-electron chi connectivity index (χ1n) is 3.55. The number of fused-ring (bicyclic) bond motifs is 1. The molecule has 0 atom stereocenters. The molecule has 0 saturated heterocycles. The van der Waals surface area contributed by atoms with Gasteiger partial charge in [-0.2, -0.15) is 10.4 Å². The number of rotatable bonds is 0. The van der Waals surface area contributed by atoms with Gasteiger partial charge in [0, 0.05) is 12.7 Å². The molecule has 0 bridgehead atoms. The molecule has 0 spiro atoms. The van der Waals surface area contributed by atoms with Gasteiger partial charge < -0.3 is 4.90 Å². The molecule has 0 saturated carbocycles. The van der Waals surface area contributed by atoms with E-state index in [1.807, 2.05) is 10.7 Å². The molecular formula is C7H8N4. The van der Waals surface area contributed by atoms with Crippen molar-refractivity contribution >= 4 is 0 Å². The van der Waals surface area contributed by atoms with E-state index in [1.54, 1.807) is 11.1 Å². The second kappa shape index (κ2) is 2.27. The second-order valence-electron chi connectivity index (χ2n) is 2.57. The summed E-state index contributed by atoms with van der Waals surface area (Å²) in [5.41, 5.74) is 1.12. The van der Waals surface area contributed by atoms with Crippen LogP contribution in [0.1, 0.15) is 5.69 Å². The normalized spacial score (nSPS) is 15.7. The van der Waals surface area contributed by atoms with Crippen molar-refractivity contribution in [2.75, 3.05) is 6.54 Å². The lowest BCUT2D eigenvalue weighted by molar-refractivity contribution is 0.301. The van der Waals surface area contributed by atoms with E-state index in [2.05, 4.69) is 11.3 Å². The average molecular weight is 148 g/mol. The maximum Gasteiger partial charge on any atom is 0.179 e. The van der Waals surface area contributed by atoms with Crippen LogP contribution in [-0.4, -0.2) is 21.2 Å². The largest absolute Gasteiger partial charge is 0.303 e. The van der Waals surface area contributed by atoms with Crippen molar-refractivity contribution in [2.24, 2.45) is 0 Å². The van der Waals surface area contributed by atoms with E-state index in [0.717, 1.165) is 18.8 Å². The predicted octanol–water partition coefficient (Wildman–Crippen LogP) is 0.180. The van der Waals surface area contributed by atoms with Gasteiger partial charge in [-0.3, -0.25) is 4.68 Å². The van der Waals surface area contributed by atoms with Gasteiger partial charge in [0.25, 0.3) is 0 Å². The molecule has 4 nitrogen and oxygen atoms in total. The van der Waals surface area contributed by atoms with E-state index in [1.165, 1.54) is 0 Å². The van der Waals surface area contributed by atoms with Crippen LogP contribution in [-0.2, 0) is 13.1 Å². The molecule has 2 heterocycles. The molecule has 1 aliphatic rings. The lowest BCUT2D eigenvalue weighted by Gasteiger charge is -2.21. The highest BCUT2D eigenvalue weighted by molar-refractivity contribution is 5.04. The fourth-order valence-corrected chi connectivity index (χ4v) is 1.27. The van der Waals surface area contributed by atoms with Crippen LogP contribution in [0.3, 0.4) is 0 Å². The Labute approximate surface area is 64.6 Å². The van der Waals surface area contributed by atoms with Gasteiger partial charge in [-0.15, -0.1) is 0 Å². The Morgan fingerprint density at radius 3 is 3.27 bits per heavy atom. The van der Waals surface area contributed by atoms with Gasteiger partial charge in [-0.25, -0.2) is 0 Å². The molecule has 0 radical (unpaired) electrons. The Balaban J connectivity index is 2.26. The summed E-state index contributed by atoms with van der Waals surface area (Å²) in [7, 11) is 0. The average Bonchev–Trinajstić information content (AvgIpc) is 2.50. The molecule has 1 aromatic rings. The highest BCUT2D eigenvalue weighted by atomic mass is 15.3. The van der Waals surface area contributed by atoms with E-state index in [-0.39, 0.29) is 0 Å². The smallest absolute Gasteiger partial charge is 0.179 e. The van der Waals surface area contributed by atoms with Crippen molar-refractivity contribution in [1.82, 2.24) is 14.7 Å². The Bertz CT molecular complexity index is 296. The zero-order valence-corrected chi connectivity index (χ0v) is 6.06. The summed E-state index contributed by atoms with van der Waals surface area (Å²) >= 11 is 0.